The van der Waals surface area contributed by atoms with E-state index in [-0.39, 0.29) is 11.6 Å². The molecule has 6 nitrogen and oxygen atoms in total. The van der Waals surface area contributed by atoms with E-state index >= 15 is 0 Å². The van der Waals surface area contributed by atoms with Crippen LogP contribution in [0.2, 0.25) is 0 Å². The van der Waals surface area contributed by atoms with Gasteiger partial charge in [-0.3, -0.25) is 4.79 Å². The molecule has 2 bridgehead atoms. The Morgan fingerprint density at radius 3 is 2.83 bits per heavy atom. The summed E-state index contributed by atoms with van der Waals surface area (Å²) in [5, 5.41) is 10.6. The van der Waals surface area contributed by atoms with E-state index < -0.39 is 0 Å². The van der Waals surface area contributed by atoms with Crippen molar-refractivity contribution in [3.05, 3.63) is 69.1 Å². The Bertz CT molecular complexity index is 1090. The standard InChI is InChI=1S/C22H24N4O2S/c1-14-23-24-22(29-14)25-12-16-11-17(13-25)20(26-19(16)7-4-8-21(26)27)10-15-5-3-6-18(9-15)28-2/h3-9,16-17,20H,10-13H2,1-2H3/t16-,17+,20+/m1/s1. The molecule has 2 aromatic heterocycles. The first kappa shape index (κ1) is 18.4. The average molecular weight is 409 g/mol. The van der Waals surface area contributed by atoms with Crippen molar-refractivity contribution in [3.8, 4) is 5.75 Å². The first-order valence-corrected chi connectivity index (χ1v) is 10.8. The Labute approximate surface area is 173 Å². The van der Waals surface area contributed by atoms with Gasteiger partial charge in [0, 0.05) is 36.8 Å². The van der Waals surface area contributed by atoms with Crippen molar-refractivity contribution in [2.24, 2.45) is 5.92 Å². The van der Waals surface area contributed by atoms with Gasteiger partial charge < -0.3 is 14.2 Å². The van der Waals surface area contributed by atoms with Crippen LogP contribution in [0, 0.1) is 12.8 Å². The second-order valence-electron chi connectivity index (χ2n) is 7.98. The van der Waals surface area contributed by atoms with Crippen LogP contribution in [0.25, 0.3) is 0 Å². The highest BCUT2D eigenvalue weighted by atomic mass is 32.1. The number of aromatic nitrogens is 3. The van der Waals surface area contributed by atoms with Crippen molar-refractivity contribution in [2.45, 2.75) is 31.7 Å². The van der Waals surface area contributed by atoms with Gasteiger partial charge in [0.2, 0.25) is 5.13 Å². The molecule has 7 heteroatoms. The topological polar surface area (TPSA) is 60.2 Å². The maximum absolute atomic E-state index is 12.9. The van der Waals surface area contributed by atoms with Crippen molar-refractivity contribution >= 4 is 16.5 Å². The molecule has 2 aliphatic heterocycles. The molecular formula is C22H24N4O2S. The molecule has 0 spiro atoms. The number of piperidine rings is 1. The van der Waals surface area contributed by atoms with Crippen molar-refractivity contribution < 1.29 is 4.74 Å². The lowest BCUT2D eigenvalue weighted by Crippen LogP contribution is -2.50. The molecule has 3 aromatic rings. The number of benzene rings is 1. The predicted molar refractivity (Wildman–Crippen MR) is 114 cm³/mol. The van der Waals surface area contributed by atoms with Crippen LogP contribution in [0.4, 0.5) is 5.13 Å². The van der Waals surface area contributed by atoms with Crippen LogP contribution < -0.4 is 15.2 Å². The molecule has 0 aliphatic carbocycles. The summed E-state index contributed by atoms with van der Waals surface area (Å²) in [7, 11) is 1.69. The van der Waals surface area contributed by atoms with Gasteiger partial charge in [-0.15, -0.1) is 10.2 Å². The fourth-order valence-corrected chi connectivity index (χ4v) is 5.62. The molecule has 0 radical (unpaired) electrons. The molecule has 0 saturated carbocycles. The minimum Gasteiger partial charge on any atom is -0.497 e. The molecule has 0 N–H and O–H groups in total. The second-order valence-corrected chi connectivity index (χ2v) is 9.14. The zero-order valence-corrected chi connectivity index (χ0v) is 17.4. The lowest BCUT2D eigenvalue weighted by atomic mass is 9.77. The quantitative estimate of drug-likeness (QED) is 0.662. The Hall–Kier alpha value is -2.67. The van der Waals surface area contributed by atoms with Gasteiger partial charge in [0.05, 0.1) is 7.11 Å². The summed E-state index contributed by atoms with van der Waals surface area (Å²) in [6, 6.07) is 14.0. The number of nitrogens with zero attached hydrogens (tertiary/aromatic N) is 4. The maximum Gasteiger partial charge on any atom is 0.251 e. The molecule has 1 saturated heterocycles. The smallest absolute Gasteiger partial charge is 0.251 e. The highest BCUT2D eigenvalue weighted by molar-refractivity contribution is 7.15. The van der Waals surface area contributed by atoms with Crippen LogP contribution in [0.5, 0.6) is 5.75 Å². The number of ether oxygens (including phenoxy) is 1. The number of rotatable bonds is 4. The number of hydrogen-bond acceptors (Lipinski definition) is 6. The highest BCUT2D eigenvalue weighted by Crippen LogP contribution is 2.43. The van der Waals surface area contributed by atoms with Crippen LogP contribution in [0.3, 0.4) is 0 Å². The van der Waals surface area contributed by atoms with Crippen LogP contribution in [-0.2, 0) is 6.42 Å². The van der Waals surface area contributed by atoms with Gasteiger partial charge in [0.25, 0.3) is 5.56 Å². The monoisotopic (exact) mass is 408 g/mol. The first-order chi connectivity index (χ1) is 14.1. The zero-order chi connectivity index (χ0) is 20.0. The van der Waals surface area contributed by atoms with Crippen molar-refractivity contribution in [1.29, 1.82) is 0 Å². The maximum atomic E-state index is 12.9. The largest absolute Gasteiger partial charge is 0.497 e. The van der Waals surface area contributed by atoms with E-state index in [9.17, 15) is 4.79 Å². The van der Waals surface area contributed by atoms with Gasteiger partial charge in [-0.1, -0.05) is 29.5 Å². The van der Waals surface area contributed by atoms with Crippen LogP contribution in [0.1, 0.15) is 34.6 Å². The Morgan fingerprint density at radius 2 is 2.03 bits per heavy atom. The summed E-state index contributed by atoms with van der Waals surface area (Å²) in [5.41, 5.74) is 2.44. The van der Waals surface area contributed by atoms with E-state index in [0.717, 1.165) is 47.5 Å². The van der Waals surface area contributed by atoms with E-state index in [2.05, 4.69) is 37.9 Å². The van der Waals surface area contributed by atoms with E-state index in [0.29, 0.717) is 11.8 Å². The number of anilines is 1. The molecule has 0 amide bonds. The van der Waals surface area contributed by atoms with E-state index in [1.165, 1.54) is 5.56 Å². The number of methoxy groups -OCH3 is 1. The van der Waals surface area contributed by atoms with Gasteiger partial charge in [-0.05, 0) is 49.4 Å². The Morgan fingerprint density at radius 1 is 1.17 bits per heavy atom. The first-order valence-electron chi connectivity index (χ1n) is 10.0. The molecule has 5 rings (SSSR count). The average Bonchev–Trinajstić information content (AvgIpc) is 3.18. The van der Waals surface area contributed by atoms with Gasteiger partial charge in [0.15, 0.2) is 0 Å². The van der Waals surface area contributed by atoms with Crippen LogP contribution >= 0.6 is 11.3 Å². The van der Waals surface area contributed by atoms with Gasteiger partial charge in [0.1, 0.15) is 10.8 Å². The molecule has 150 valence electrons. The fourth-order valence-electron chi connectivity index (χ4n) is 4.92. The SMILES string of the molecule is COc1cccc(C[C@H]2[C@H]3C[C@H](CN(c4nnc(C)s4)C3)c3cccc(=O)n32)c1. The number of hydrogen-bond donors (Lipinski definition) is 0. The summed E-state index contributed by atoms with van der Waals surface area (Å²) >= 11 is 1.65. The Balaban J connectivity index is 1.54. The summed E-state index contributed by atoms with van der Waals surface area (Å²) in [4.78, 5) is 15.2. The lowest BCUT2D eigenvalue weighted by molar-refractivity contribution is 0.211. The number of pyridine rings is 1. The van der Waals surface area contributed by atoms with E-state index in [4.69, 9.17) is 4.74 Å². The van der Waals surface area contributed by atoms with Crippen LogP contribution in [-0.4, -0.2) is 35.0 Å². The van der Waals surface area contributed by atoms with Crippen molar-refractivity contribution in [1.82, 2.24) is 14.8 Å². The molecule has 29 heavy (non-hydrogen) atoms. The molecule has 0 unspecified atom stereocenters. The summed E-state index contributed by atoms with van der Waals surface area (Å²) in [6.45, 7) is 3.79. The van der Waals surface area contributed by atoms with E-state index in [1.54, 1.807) is 24.5 Å². The minimum atomic E-state index is 0.102. The molecular weight excluding hydrogens is 384 g/mol. The second kappa shape index (κ2) is 7.30. The fraction of sp³-hybridized carbons (Fsp3) is 0.409. The third-order valence-corrected chi connectivity index (χ3v) is 7.06. The molecule has 1 aromatic carbocycles. The highest BCUT2D eigenvalue weighted by Gasteiger charge is 2.41. The number of fused-ring (bicyclic) bond motifs is 4. The normalized spacial score (nSPS) is 23.0. The predicted octanol–water partition coefficient (Wildman–Crippen LogP) is 3.42. The van der Waals surface area contributed by atoms with Crippen molar-refractivity contribution in [2.75, 3.05) is 25.1 Å². The van der Waals surface area contributed by atoms with Gasteiger partial charge in [-0.2, -0.15) is 0 Å². The van der Waals surface area contributed by atoms with E-state index in [1.807, 2.05) is 25.1 Å². The molecule has 3 atom stereocenters. The Kier molecular flexibility index (Phi) is 4.62. The van der Waals surface area contributed by atoms with Gasteiger partial charge in [-0.25, -0.2) is 0 Å². The molecule has 2 aliphatic rings. The summed E-state index contributed by atoms with van der Waals surface area (Å²) < 4.78 is 7.46. The third-order valence-electron chi connectivity index (χ3n) is 6.16. The van der Waals surface area contributed by atoms with Crippen LogP contribution in [0.15, 0.2) is 47.3 Å². The third kappa shape index (κ3) is 3.33. The molecule has 1 fully saturated rings. The zero-order valence-electron chi connectivity index (χ0n) is 16.6. The number of aryl methyl sites for hydroxylation is 1. The van der Waals surface area contributed by atoms with Crippen molar-refractivity contribution in [3.63, 3.8) is 0 Å². The van der Waals surface area contributed by atoms with Gasteiger partial charge >= 0.3 is 0 Å². The minimum absolute atomic E-state index is 0.102. The summed E-state index contributed by atoms with van der Waals surface area (Å²) in [6.07, 6.45) is 1.92. The lowest BCUT2D eigenvalue weighted by Gasteiger charge is -2.47. The summed E-state index contributed by atoms with van der Waals surface area (Å²) in [5.74, 6) is 1.58. The molecule has 4 heterocycles.